The molecule has 30 heavy (non-hydrogen) atoms. The number of hydrogen-bond acceptors (Lipinski definition) is 7. The number of hydrogen-bond donors (Lipinski definition) is 3. The summed E-state index contributed by atoms with van der Waals surface area (Å²) < 4.78 is 13.4. The van der Waals surface area contributed by atoms with Gasteiger partial charge in [-0.1, -0.05) is 0 Å². The molecule has 10 nitrogen and oxygen atoms in total. The fraction of sp³-hybridized carbons (Fsp3) is 0.421. The number of nitrogens with two attached hydrogens (primary N) is 2. The van der Waals surface area contributed by atoms with Crippen LogP contribution >= 0.6 is 0 Å². The second kappa shape index (κ2) is 10.3. The molecule has 3 heterocycles. The summed E-state index contributed by atoms with van der Waals surface area (Å²) in [4.78, 5) is 37.6. The molecule has 11 heteroatoms. The summed E-state index contributed by atoms with van der Waals surface area (Å²) in [6, 6.07) is 2.37. The molecule has 0 atom stereocenters. The third kappa shape index (κ3) is 6.26. The molecule has 1 fully saturated rings. The van der Waals surface area contributed by atoms with Gasteiger partial charge in [-0.25, -0.2) is 24.1 Å². The first-order valence-corrected chi connectivity index (χ1v) is 9.47. The van der Waals surface area contributed by atoms with Crippen LogP contribution < -0.4 is 21.7 Å². The average Bonchev–Trinajstić information content (AvgIpc) is 2.71. The van der Waals surface area contributed by atoms with Gasteiger partial charge in [-0.15, -0.1) is 0 Å². The normalized spacial score (nSPS) is 13.1. The minimum Gasteiger partial charge on any atom is -0.364 e. The quantitative estimate of drug-likeness (QED) is 0.686. The Bertz CT molecular complexity index is 900. The van der Waals surface area contributed by atoms with E-state index in [2.05, 4.69) is 25.2 Å². The molecule has 0 bridgehead atoms. The van der Waals surface area contributed by atoms with E-state index in [1.807, 2.05) is 0 Å². The Kier molecular flexibility index (Phi) is 7.84. The molecule has 0 unspecified atom stereocenters. The van der Waals surface area contributed by atoms with Gasteiger partial charge < -0.3 is 26.6 Å². The van der Waals surface area contributed by atoms with E-state index >= 15 is 0 Å². The number of amides is 3. The van der Waals surface area contributed by atoms with Gasteiger partial charge in [-0.05, 0) is 38.3 Å². The van der Waals surface area contributed by atoms with Crippen molar-refractivity contribution in [1.29, 1.82) is 0 Å². The molecule has 0 aliphatic carbocycles. The number of aryl methyl sites for hydroxylation is 1. The first kappa shape index (κ1) is 22.8. The Hall–Kier alpha value is -3.50. The van der Waals surface area contributed by atoms with Crippen molar-refractivity contribution in [2.75, 3.05) is 37.4 Å². The molecule has 1 aliphatic heterocycles. The number of rotatable bonds is 4. The molecule has 1 aliphatic rings. The first-order chi connectivity index (χ1) is 14.2. The van der Waals surface area contributed by atoms with Crippen molar-refractivity contribution in [3.8, 4) is 0 Å². The minimum atomic E-state index is -0.686. The highest BCUT2D eigenvalue weighted by Gasteiger charge is 2.18. The lowest BCUT2D eigenvalue weighted by molar-refractivity contribution is 0.0996. The van der Waals surface area contributed by atoms with Crippen LogP contribution in [0, 0.1) is 12.7 Å². The summed E-state index contributed by atoms with van der Waals surface area (Å²) in [5, 5.41) is 2.92. The topological polar surface area (TPSA) is 143 Å². The lowest BCUT2D eigenvalue weighted by Crippen LogP contribution is -2.31. The number of carbonyl (C=O) groups is 2. The summed E-state index contributed by atoms with van der Waals surface area (Å²) in [7, 11) is 3.20. The smallest absolute Gasteiger partial charge is 0.314 e. The zero-order valence-electron chi connectivity index (χ0n) is 17.4. The lowest BCUT2D eigenvalue weighted by Gasteiger charge is -2.27. The highest BCUT2D eigenvalue weighted by Crippen LogP contribution is 2.22. The molecule has 3 amide bonds. The third-order valence-corrected chi connectivity index (χ3v) is 4.38. The van der Waals surface area contributed by atoms with Gasteiger partial charge in [0, 0.05) is 27.2 Å². The predicted molar refractivity (Wildman–Crippen MR) is 112 cm³/mol. The van der Waals surface area contributed by atoms with Crippen LogP contribution in [0.1, 0.15) is 35.4 Å². The van der Waals surface area contributed by atoms with Gasteiger partial charge in [0.15, 0.2) is 11.5 Å². The van der Waals surface area contributed by atoms with Crippen molar-refractivity contribution >= 4 is 29.4 Å². The van der Waals surface area contributed by atoms with Crippen molar-refractivity contribution < 1.29 is 14.0 Å². The summed E-state index contributed by atoms with van der Waals surface area (Å²) in [5.74, 6) is 0.199. The van der Waals surface area contributed by atoms with Gasteiger partial charge in [0.05, 0.1) is 11.9 Å². The minimum absolute atomic E-state index is 0.0273. The Morgan fingerprint density at radius 3 is 2.30 bits per heavy atom. The van der Waals surface area contributed by atoms with Gasteiger partial charge in [0.1, 0.15) is 17.5 Å². The van der Waals surface area contributed by atoms with Crippen molar-refractivity contribution in [2.45, 2.75) is 26.2 Å². The van der Waals surface area contributed by atoms with E-state index in [1.165, 1.54) is 23.5 Å². The molecule has 162 valence electrons. The summed E-state index contributed by atoms with van der Waals surface area (Å²) >= 11 is 0. The molecule has 1 saturated heterocycles. The Balaban J connectivity index is 0.000000469. The number of primary amides is 2. The molecular formula is C19H27FN8O2. The summed E-state index contributed by atoms with van der Waals surface area (Å²) in [6.07, 6.45) is 4.95. The lowest BCUT2D eigenvalue weighted by atomic mass is 10.1. The van der Waals surface area contributed by atoms with E-state index in [0.29, 0.717) is 11.6 Å². The molecule has 0 spiro atoms. The number of piperidine rings is 1. The number of urea groups is 1. The van der Waals surface area contributed by atoms with E-state index in [-0.39, 0.29) is 17.2 Å². The second-order valence-corrected chi connectivity index (χ2v) is 6.96. The van der Waals surface area contributed by atoms with E-state index in [1.54, 1.807) is 27.2 Å². The Morgan fingerprint density at radius 2 is 1.77 bits per heavy atom. The number of anilines is 3. The molecule has 0 radical (unpaired) electrons. The molecule has 2 aromatic rings. The molecule has 0 aromatic carbocycles. The maximum absolute atomic E-state index is 13.4. The highest BCUT2D eigenvalue weighted by atomic mass is 19.1. The number of halogens is 1. The first-order valence-electron chi connectivity index (χ1n) is 9.47. The standard InChI is InChI=1S/C16H19FN6O.C3H8N2O/c1-10-11(17)5-6-12(20-10)21-16-14(15(18)24)19-9-13(22-16)23-7-3-2-4-8-23;1-5(2)3(4)6/h5-6,9H,2-4,7-8H2,1H3,(H2,18,24)(H,20,21,22);1-2H3,(H2,4,6). The van der Waals surface area contributed by atoms with Crippen LogP contribution in [-0.4, -0.2) is 59.0 Å². The maximum atomic E-state index is 13.4. The number of carbonyl (C=O) groups excluding carboxylic acids is 2. The number of nitrogens with zero attached hydrogens (tertiary/aromatic N) is 5. The van der Waals surface area contributed by atoms with E-state index in [9.17, 15) is 14.0 Å². The number of pyridine rings is 1. The second-order valence-electron chi connectivity index (χ2n) is 6.96. The van der Waals surface area contributed by atoms with Gasteiger partial charge in [0.2, 0.25) is 0 Å². The van der Waals surface area contributed by atoms with Crippen molar-refractivity contribution in [1.82, 2.24) is 19.9 Å². The van der Waals surface area contributed by atoms with Crippen LogP contribution in [0.25, 0.3) is 0 Å². The van der Waals surface area contributed by atoms with E-state index in [0.717, 1.165) is 25.9 Å². The van der Waals surface area contributed by atoms with Gasteiger partial charge in [-0.2, -0.15) is 0 Å². The van der Waals surface area contributed by atoms with Crippen LogP contribution in [0.3, 0.4) is 0 Å². The largest absolute Gasteiger partial charge is 0.364 e. The van der Waals surface area contributed by atoms with Gasteiger partial charge >= 0.3 is 6.03 Å². The molecule has 0 saturated carbocycles. The van der Waals surface area contributed by atoms with Gasteiger partial charge in [-0.3, -0.25) is 4.79 Å². The van der Waals surface area contributed by atoms with Crippen LogP contribution in [-0.2, 0) is 0 Å². The van der Waals surface area contributed by atoms with Crippen molar-refractivity contribution in [3.63, 3.8) is 0 Å². The van der Waals surface area contributed by atoms with E-state index < -0.39 is 17.8 Å². The maximum Gasteiger partial charge on any atom is 0.314 e. The highest BCUT2D eigenvalue weighted by molar-refractivity contribution is 5.96. The molecule has 3 rings (SSSR count). The van der Waals surface area contributed by atoms with Crippen LogP contribution in [0.5, 0.6) is 0 Å². The predicted octanol–water partition coefficient (Wildman–Crippen LogP) is 1.78. The fourth-order valence-corrected chi connectivity index (χ4v) is 2.66. The average molecular weight is 418 g/mol. The van der Waals surface area contributed by atoms with Crippen LogP contribution in [0.4, 0.5) is 26.6 Å². The van der Waals surface area contributed by atoms with Crippen LogP contribution in [0.2, 0.25) is 0 Å². The third-order valence-electron chi connectivity index (χ3n) is 4.38. The molecule has 5 N–H and O–H groups in total. The zero-order valence-corrected chi connectivity index (χ0v) is 17.4. The van der Waals surface area contributed by atoms with Crippen LogP contribution in [0.15, 0.2) is 18.3 Å². The summed E-state index contributed by atoms with van der Waals surface area (Å²) in [5.41, 5.74) is 10.4. The Morgan fingerprint density at radius 1 is 1.13 bits per heavy atom. The number of nitrogens with one attached hydrogen (secondary N) is 1. The Labute approximate surface area is 174 Å². The van der Waals surface area contributed by atoms with Crippen molar-refractivity contribution in [2.24, 2.45) is 11.5 Å². The SMILES string of the molecule is CN(C)C(N)=O.Cc1nc(Nc2nc(N3CCCCC3)cnc2C(N)=O)ccc1F. The summed E-state index contributed by atoms with van der Waals surface area (Å²) in [6.45, 7) is 3.36. The molecular weight excluding hydrogens is 391 g/mol. The number of aromatic nitrogens is 3. The molecule has 2 aromatic heterocycles. The zero-order chi connectivity index (χ0) is 22.3. The van der Waals surface area contributed by atoms with E-state index in [4.69, 9.17) is 11.5 Å². The van der Waals surface area contributed by atoms with Crippen molar-refractivity contribution in [3.05, 3.63) is 35.5 Å². The monoisotopic (exact) mass is 418 g/mol. The fourth-order valence-electron chi connectivity index (χ4n) is 2.66. The van der Waals surface area contributed by atoms with Gasteiger partial charge in [0.25, 0.3) is 5.91 Å².